The third-order valence-electron chi connectivity index (χ3n) is 8.78. The van der Waals surface area contributed by atoms with Crippen molar-refractivity contribution in [1.29, 1.82) is 0 Å². The molecule has 0 heterocycles. The average molecular weight is 666 g/mol. The van der Waals surface area contributed by atoms with Gasteiger partial charge < -0.3 is 37.2 Å². The molecule has 1 atom stereocenters. The van der Waals surface area contributed by atoms with E-state index in [0.717, 1.165) is 17.2 Å². The second kappa shape index (κ2) is 14.2. The summed E-state index contributed by atoms with van der Waals surface area (Å²) < 4.78 is 20.1. The van der Waals surface area contributed by atoms with Crippen LogP contribution in [0.25, 0.3) is 0 Å². The van der Waals surface area contributed by atoms with Crippen LogP contribution in [0.1, 0.15) is 44.4 Å². The first-order chi connectivity index (χ1) is 18.0. The molecule has 3 nitrogen and oxygen atoms in total. The molecular weight excluding hydrogens is 627 g/mol. The van der Waals surface area contributed by atoms with Crippen LogP contribution in [-0.2, 0) is 20.4 Å². The van der Waals surface area contributed by atoms with Gasteiger partial charge in [0.2, 0.25) is 0 Å². The molecule has 0 saturated heterocycles. The van der Waals surface area contributed by atoms with Gasteiger partial charge in [0.25, 0.3) is 0 Å². The Hall–Kier alpha value is -1.66. The first-order valence-electron chi connectivity index (χ1n) is 13.1. The molecule has 0 radical (unpaired) electrons. The van der Waals surface area contributed by atoms with Crippen molar-refractivity contribution < 1.29 is 71.9 Å². The summed E-state index contributed by atoms with van der Waals surface area (Å²) >= 11 is 2.32. The van der Waals surface area contributed by atoms with E-state index < -0.39 is 8.07 Å². The van der Waals surface area contributed by atoms with E-state index in [9.17, 15) is 0 Å². The third-order valence-corrected chi connectivity index (χ3v) is 16.3. The first kappa shape index (κ1) is 37.4. The van der Waals surface area contributed by atoms with Crippen LogP contribution in [0.2, 0.25) is 5.04 Å². The van der Waals surface area contributed by atoms with Crippen LogP contribution >= 0.6 is 0 Å². The smallest absolute Gasteiger partial charge is 1.00 e. The van der Waals surface area contributed by atoms with Crippen molar-refractivity contribution in [2.45, 2.75) is 53.5 Å². The summed E-state index contributed by atoms with van der Waals surface area (Å²) in [5.41, 5.74) is 7.64. The van der Waals surface area contributed by atoms with Crippen LogP contribution < -0.4 is 67.0 Å². The maximum absolute atomic E-state index is 6.22. The summed E-state index contributed by atoms with van der Waals surface area (Å²) in [5.74, 6) is 2.72. The summed E-state index contributed by atoms with van der Waals surface area (Å²) in [6.07, 6.45) is 0. The van der Waals surface area contributed by atoms with Crippen LogP contribution in [0.3, 0.4) is 0 Å². The number of halogens is 3. The predicted octanol–water partition coefficient (Wildman–Crippen LogP) is -2.95. The minimum absolute atomic E-state index is 0. The molecule has 0 aliphatic heterocycles. The molecule has 1 aliphatic rings. The number of allylic oxidation sites excluding steroid dienone is 4. The fraction of sp³-hybridized carbons (Fsp3) is 0.333. The number of aryl methyl sites for hydroxylation is 3. The Bertz CT molecular complexity index is 1330. The second-order valence-electron chi connectivity index (χ2n) is 10.7. The number of rotatable bonds is 7. The van der Waals surface area contributed by atoms with Crippen LogP contribution in [0.15, 0.2) is 75.2 Å². The number of benzene rings is 3. The number of hydrogen-bond donors (Lipinski definition) is 0. The van der Waals surface area contributed by atoms with Crippen molar-refractivity contribution in [1.82, 2.24) is 0 Å². The zero-order chi connectivity index (χ0) is 28.0. The molecule has 0 saturated carbocycles. The van der Waals surface area contributed by atoms with Crippen molar-refractivity contribution >= 4 is 23.6 Å². The van der Waals surface area contributed by atoms with Gasteiger partial charge in [0.15, 0.2) is 0 Å². The van der Waals surface area contributed by atoms with Crippen LogP contribution in [-0.4, -0.2) is 29.4 Å². The topological polar surface area (TPSA) is 27.7 Å². The van der Waals surface area contributed by atoms with E-state index >= 15 is 0 Å². The molecule has 0 fully saturated rings. The SMILES string of the molecule is COc1cc(C)ccc1[Si](c1ccc(C)cc1OC)(c1ccc(C)cc1OC)C1(C)C(C)=C(C)C(C)=[C]1[Ti+3].[Cl-].[Cl-].[Cl-]. The van der Waals surface area contributed by atoms with Gasteiger partial charge in [-0.15, -0.1) is 0 Å². The zero-order valence-electron chi connectivity index (χ0n) is 25.6. The fourth-order valence-corrected chi connectivity index (χ4v) is 14.3. The predicted molar refractivity (Wildman–Crippen MR) is 157 cm³/mol. The van der Waals surface area contributed by atoms with Gasteiger partial charge in [0.1, 0.15) is 0 Å². The molecule has 0 aromatic heterocycles. The second-order valence-corrected chi connectivity index (χ2v) is 15.6. The van der Waals surface area contributed by atoms with Gasteiger partial charge in [-0.25, -0.2) is 0 Å². The molecule has 4 rings (SSSR count). The minimum Gasteiger partial charge on any atom is -1.00 e. The quantitative estimate of drug-likeness (QED) is 0.200. The van der Waals surface area contributed by atoms with Crippen molar-refractivity contribution in [3.63, 3.8) is 0 Å². The maximum Gasteiger partial charge on any atom is -1.00 e. The van der Waals surface area contributed by atoms with Crippen molar-refractivity contribution in [3.05, 3.63) is 91.9 Å². The van der Waals surface area contributed by atoms with Gasteiger partial charge in [-0.05, 0) is 0 Å². The Kier molecular flexibility index (Phi) is 12.9. The largest absolute Gasteiger partial charge is 1.00 e. The molecule has 3 aromatic rings. The van der Waals surface area contributed by atoms with Crippen molar-refractivity contribution in [3.8, 4) is 17.2 Å². The summed E-state index contributed by atoms with van der Waals surface area (Å²) in [5, 5.41) is 3.35. The van der Waals surface area contributed by atoms with E-state index in [0.29, 0.717) is 0 Å². The molecule has 0 bridgehead atoms. The van der Waals surface area contributed by atoms with Gasteiger partial charge in [0.05, 0.1) is 0 Å². The maximum atomic E-state index is 6.22. The standard InChI is InChI=1S/C33H39O3Si.3ClH.Ti/c1-21-11-14-30(27(17-21)34-8)37(31-15-12-22(2)18-28(31)35-9,32-16-13-23(3)19-29(32)36-10)33(7)20-24(4)25(5)26(33)6;;;;/h11-19H,1-10H3;3*1H;/q;;;;+3/p-3. The zero-order valence-corrected chi connectivity index (χ0v) is 30.4. The van der Waals surface area contributed by atoms with Crippen LogP contribution in [0, 0.1) is 20.8 Å². The Morgan fingerprint density at radius 2 is 0.878 bits per heavy atom. The van der Waals surface area contributed by atoms with Crippen LogP contribution in [0.5, 0.6) is 17.2 Å². The van der Waals surface area contributed by atoms with Crippen molar-refractivity contribution in [2.24, 2.45) is 0 Å². The molecular formula is C33H39Cl3O3SiTi. The molecule has 1 unspecified atom stereocenters. The normalized spacial score (nSPS) is 16.5. The fourth-order valence-electron chi connectivity index (χ4n) is 6.44. The van der Waals surface area contributed by atoms with E-state index in [1.54, 1.807) is 21.3 Å². The molecule has 218 valence electrons. The molecule has 3 aromatic carbocycles. The van der Waals surface area contributed by atoms with Gasteiger partial charge in [0, 0.05) is 0 Å². The Morgan fingerprint density at radius 3 is 1.12 bits per heavy atom. The van der Waals surface area contributed by atoms with Gasteiger partial charge in [-0.1, -0.05) is 0 Å². The Labute approximate surface area is 277 Å². The van der Waals surface area contributed by atoms with Gasteiger partial charge in [-0.2, -0.15) is 0 Å². The summed E-state index contributed by atoms with van der Waals surface area (Å²) in [6.45, 7) is 15.7. The van der Waals surface area contributed by atoms with Gasteiger partial charge >= 0.3 is 242 Å². The first-order valence-corrected chi connectivity index (χ1v) is 15.8. The van der Waals surface area contributed by atoms with E-state index in [2.05, 4.69) is 123 Å². The van der Waals surface area contributed by atoms with E-state index in [1.165, 1.54) is 52.8 Å². The monoisotopic (exact) mass is 664 g/mol. The molecule has 0 spiro atoms. The summed E-state index contributed by atoms with van der Waals surface area (Å²) in [6, 6.07) is 20.1. The van der Waals surface area contributed by atoms with E-state index in [4.69, 9.17) is 14.2 Å². The average Bonchev–Trinajstić information content (AvgIpc) is 3.06. The van der Waals surface area contributed by atoms with E-state index in [-0.39, 0.29) is 42.3 Å². The molecule has 0 amide bonds. The molecule has 1 aliphatic carbocycles. The minimum atomic E-state index is -3.08. The molecule has 41 heavy (non-hydrogen) atoms. The van der Waals surface area contributed by atoms with Gasteiger partial charge in [-0.3, -0.25) is 0 Å². The number of ether oxygens (including phenoxy) is 3. The number of methoxy groups -OCH3 is 3. The third kappa shape index (κ3) is 5.69. The Morgan fingerprint density at radius 1 is 0.561 bits per heavy atom. The summed E-state index contributed by atoms with van der Waals surface area (Å²) in [4.78, 5) is 0. The van der Waals surface area contributed by atoms with E-state index in [1.807, 2.05) is 0 Å². The van der Waals surface area contributed by atoms with Crippen LogP contribution in [0.4, 0.5) is 0 Å². The van der Waals surface area contributed by atoms with Crippen molar-refractivity contribution in [2.75, 3.05) is 21.3 Å². The molecule has 8 heteroatoms. The number of hydrogen-bond acceptors (Lipinski definition) is 3. The summed E-state index contributed by atoms with van der Waals surface area (Å²) in [7, 11) is 2.28. The molecule has 0 N–H and O–H groups in total. The Balaban J connectivity index is 0.00000280.